The molecule has 23 heteroatoms. The Morgan fingerprint density at radius 1 is 1.03 bits per heavy atom. The number of allylic oxidation sites excluding steroid dienone is 3. The van der Waals surface area contributed by atoms with Crippen molar-refractivity contribution in [2.75, 3.05) is 44.6 Å². The number of likely N-dealkylation sites (N-methyl/N-ethyl adjacent to an activating group) is 1. The summed E-state index contributed by atoms with van der Waals surface area (Å²) in [5.41, 5.74) is 5.92. The van der Waals surface area contributed by atoms with Gasteiger partial charge >= 0.3 is 23.9 Å². The lowest BCUT2D eigenvalue weighted by atomic mass is 9.78. The van der Waals surface area contributed by atoms with Crippen LogP contribution in [0.5, 0.6) is 0 Å². The summed E-state index contributed by atoms with van der Waals surface area (Å²) in [5.74, 6) is -5.82. The highest BCUT2D eigenvalue weighted by atomic mass is 79.9. The molecule has 20 nitrogen and oxygen atoms in total. The number of unbranched alkanes of at least 4 members (excludes halogenated alkanes) is 2. The fourth-order valence-corrected chi connectivity index (χ4v) is 11.6. The standard InChI is InChI=1S/C63H84BrCl2N5O15/c1-35(2)45(30-43(72)18-13-12-14-24-83-59(78)38(5)34-64)57(76)69-47(19-16-23-68-61(67)80)49(73)29-41-21-22-44(46(65)27-41)58(77)70(9)40(7)60(79)85-52-31-53(74)71(10)48-28-42(26-37(4)55(48)66)25-36(3)17-15-20-51(82-11)63(81)32-50(84-54(75)33-63)39(6)56-62(52,8)86-56/h15,17,20-22,26-28,35,39-40,45,47,50-52,56,81H,5,12-14,16,18-19,23-25,29-34H2,1-4,6-11H3,(H,69,76)(H3,67,68,80)/b20-15+,36-17+/t39-,40+,45+,47+,50+,51-,52+,56+,62+,63-/m1/s1. The van der Waals surface area contributed by atoms with Crippen LogP contribution in [0.1, 0.15) is 133 Å². The lowest BCUT2D eigenvalue weighted by molar-refractivity contribution is -0.187. The number of hydrogen-bond donors (Lipinski definition) is 4. The van der Waals surface area contributed by atoms with E-state index in [1.807, 2.05) is 45.9 Å². The number of hydrogen-bond acceptors (Lipinski definition) is 15. The SMILES string of the molecule is C=C(CBr)C(=O)OCCCCCC(=O)C[C@H](C(=O)N[C@@H](CCCNC(N)=O)C(=O)Cc1ccc(C(=O)N(C)[C@@H](C)C(=O)O[C@H]2CC(=O)N(C)c3cc(cc(C)c3Cl)C/C(C)=C/C=C/[C@@H](OC)[C@]3(O)CC(=O)O[C@@H](C3)[C@@H](C)[C@@H]3O[C@@]23C)c(Cl)c1)C(C)C. The minimum absolute atomic E-state index is 0.0109. The summed E-state index contributed by atoms with van der Waals surface area (Å²) in [6.07, 6.45) is 3.33. The summed E-state index contributed by atoms with van der Waals surface area (Å²) in [6, 6.07) is 5.05. The molecule has 10 atom stereocenters. The van der Waals surface area contributed by atoms with Gasteiger partial charge in [-0.15, -0.1) is 0 Å². The summed E-state index contributed by atoms with van der Waals surface area (Å²) in [4.78, 5) is 123. The van der Waals surface area contributed by atoms with E-state index in [1.165, 1.54) is 44.2 Å². The number of benzene rings is 2. The molecule has 0 saturated carbocycles. The van der Waals surface area contributed by atoms with Crippen molar-refractivity contribution in [2.24, 2.45) is 23.5 Å². The van der Waals surface area contributed by atoms with Gasteiger partial charge in [0.1, 0.15) is 41.3 Å². The molecule has 2 aromatic carbocycles. The highest BCUT2D eigenvalue weighted by molar-refractivity contribution is 9.09. The number of Topliss-reactive ketones (excluding diaryl/α,β-unsaturated/α-hetero) is 2. The molecule has 3 aliphatic rings. The number of esters is 3. The van der Waals surface area contributed by atoms with Crippen LogP contribution in [-0.2, 0) is 70.1 Å². The number of urea groups is 1. The second-order valence-corrected chi connectivity index (χ2v) is 24.8. The van der Waals surface area contributed by atoms with Crippen LogP contribution in [0.2, 0.25) is 10.0 Å². The largest absolute Gasteiger partial charge is 0.462 e. The van der Waals surface area contributed by atoms with Gasteiger partial charge in [0, 0.05) is 76.2 Å². The maximum Gasteiger partial charge on any atom is 0.334 e. The van der Waals surface area contributed by atoms with Crippen LogP contribution in [0, 0.1) is 24.7 Å². The van der Waals surface area contributed by atoms with Crippen molar-refractivity contribution in [1.29, 1.82) is 0 Å². The molecule has 5 N–H and O–H groups in total. The van der Waals surface area contributed by atoms with Crippen molar-refractivity contribution < 1.29 is 71.9 Å². The number of ether oxygens (including phenoxy) is 5. The number of aliphatic hydroxyl groups is 1. The molecule has 86 heavy (non-hydrogen) atoms. The number of halogens is 3. The third-order valence-corrected chi connectivity index (χ3v) is 17.9. The number of amides is 5. The monoisotopic (exact) mass is 1300 g/mol. The number of rotatable bonds is 25. The lowest BCUT2D eigenvalue weighted by Crippen LogP contribution is -2.53. The van der Waals surface area contributed by atoms with Gasteiger partial charge in [-0.05, 0) is 107 Å². The number of nitrogens with one attached hydrogen (secondary N) is 2. The molecule has 4 bridgehead atoms. The summed E-state index contributed by atoms with van der Waals surface area (Å²) in [6.45, 7) is 16.2. The van der Waals surface area contributed by atoms with Gasteiger partial charge in [-0.25, -0.2) is 14.4 Å². The zero-order valence-electron chi connectivity index (χ0n) is 50.9. The van der Waals surface area contributed by atoms with Gasteiger partial charge in [-0.3, -0.25) is 28.8 Å². The number of carbonyl (C=O) groups excluding carboxylic acids is 9. The summed E-state index contributed by atoms with van der Waals surface area (Å²) >= 11 is 16.8. The molecule has 0 radical (unpaired) electrons. The summed E-state index contributed by atoms with van der Waals surface area (Å²) in [5, 5.41) is 18.0. The van der Waals surface area contributed by atoms with Crippen LogP contribution in [0.3, 0.4) is 0 Å². The minimum Gasteiger partial charge on any atom is -0.462 e. The predicted molar refractivity (Wildman–Crippen MR) is 329 cm³/mol. The maximum absolute atomic E-state index is 14.5. The number of nitrogens with two attached hydrogens (primary N) is 1. The van der Waals surface area contributed by atoms with E-state index in [-0.39, 0.29) is 80.4 Å². The first-order chi connectivity index (χ1) is 40.4. The molecule has 0 spiro atoms. The van der Waals surface area contributed by atoms with Crippen LogP contribution in [0.4, 0.5) is 10.5 Å². The number of carbonyl (C=O) groups is 9. The second kappa shape index (κ2) is 31.8. The molecule has 0 aliphatic carbocycles. The molecule has 0 unspecified atom stereocenters. The molecular weight excluding hydrogens is 1220 g/mol. The molecule has 472 valence electrons. The molecular formula is C63H84BrCl2N5O15. The number of ketones is 2. The van der Waals surface area contributed by atoms with Gasteiger partial charge in [-0.2, -0.15) is 0 Å². The Hall–Kier alpha value is -5.97. The van der Waals surface area contributed by atoms with Gasteiger partial charge in [0.25, 0.3) is 5.91 Å². The average molecular weight is 1300 g/mol. The van der Waals surface area contributed by atoms with E-state index in [4.69, 9.17) is 52.6 Å². The van der Waals surface area contributed by atoms with Gasteiger partial charge in [0.05, 0.1) is 52.9 Å². The van der Waals surface area contributed by atoms with Crippen molar-refractivity contribution >= 4 is 98.0 Å². The van der Waals surface area contributed by atoms with Gasteiger partial charge in [-0.1, -0.05) is 102 Å². The van der Waals surface area contributed by atoms with Crippen molar-refractivity contribution in [3.8, 4) is 0 Å². The van der Waals surface area contributed by atoms with Gasteiger partial charge in [0.15, 0.2) is 5.78 Å². The highest BCUT2D eigenvalue weighted by Gasteiger charge is 2.64. The molecule has 5 amide bonds. The third kappa shape index (κ3) is 19.0. The Kier molecular flexibility index (Phi) is 26.2. The number of epoxide rings is 1. The number of primary amides is 1. The zero-order valence-corrected chi connectivity index (χ0v) is 54.0. The number of methoxy groups -OCH3 is 1. The van der Waals surface area contributed by atoms with Crippen LogP contribution < -0.4 is 21.3 Å². The highest BCUT2D eigenvalue weighted by Crippen LogP contribution is 2.50. The Bertz CT molecular complexity index is 2940. The second-order valence-electron chi connectivity index (χ2n) is 23.5. The zero-order chi connectivity index (χ0) is 64.0. The van der Waals surface area contributed by atoms with E-state index < -0.39 is 113 Å². The van der Waals surface area contributed by atoms with Crippen LogP contribution >= 0.6 is 39.1 Å². The molecule has 2 saturated heterocycles. The Balaban J connectivity index is 1.31. The molecule has 3 aliphatic heterocycles. The minimum atomic E-state index is -1.65. The van der Waals surface area contributed by atoms with Crippen LogP contribution in [0.25, 0.3) is 0 Å². The first kappa shape index (κ1) is 70.8. The lowest BCUT2D eigenvalue weighted by Gasteiger charge is -2.41. The Morgan fingerprint density at radius 2 is 1.74 bits per heavy atom. The molecule has 0 aromatic heterocycles. The normalized spacial score (nSPS) is 24.3. The molecule has 5 rings (SSSR count). The van der Waals surface area contributed by atoms with Crippen LogP contribution in [0.15, 0.2) is 66.3 Å². The van der Waals surface area contributed by atoms with E-state index in [0.717, 1.165) is 21.6 Å². The van der Waals surface area contributed by atoms with Crippen molar-refractivity contribution in [2.45, 2.75) is 173 Å². The van der Waals surface area contributed by atoms with E-state index >= 15 is 0 Å². The molecule has 2 fully saturated rings. The van der Waals surface area contributed by atoms with Crippen molar-refractivity contribution in [1.82, 2.24) is 15.5 Å². The molecule has 2 aromatic rings. The quantitative estimate of drug-likeness (QED) is 0.0181. The number of aryl methyl sites for hydroxylation is 1. The number of alkyl halides is 1. The van der Waals surface area contributed by atoms with Crippen LogP contribution in [-0.4, -0.2) is 151 Å². The first-order valence-corrected chi connectivity index (χ1v) is 30.9. The number of nitrogens with zero attached hydrogens (tertiary/aromatic N) is 2. The Morgan fingerprint density at radius 3 is 2.40 bits per heavy atom. The van der Waals surface area contributed by atoms with E-state index in [0.29, 0.717) is 52.9 Å². The summed E-state index contributed by atoms with van der Waals surface area (Å²) < 4.78 is 29.3. The predicted octanol–water partition coefficient (Wildman–Crippen LogP) is 8.36. The first-order valence-electron chi connectivity index (χ1n) is 29.0. The van der Waals surface area contributed by atoms with E-state index in [9.17, 15) is 48.3 Å². The van der Waals surface area contributed by atoms with Gasteiger partial charge in [0.2, 0.25) is 11.8 Å². The summed E-state index contributed by atoms with van der Waals surface area (Å²) in [7, 11) is 4.40. The van der Waals surface area contributed by atoms with E-state index in [2.05, 4.69) is 33.1 Å². The topological polar surface area (TPSA) is 280 Å². The third-order valence-electron chi connectivity index (χ3n) is 16.4. The van der Waals surface area contributed by atoms with E-state index in [1.54, 1.807) is 33.0 Å². The smallest absolute Gasteiger partial charge is 0.334 e. The average Bonchev–Trinajstić information content (AvgIpc) is 1.61. The fourth-order valence-electron chi connectivity index (χ4n) is 10.8. The Labute approximate surface area is 522 Å². The number of fused-ring (bicyclic) bond motifs is 5. The number of anilines is 1. The molecule has 3 heterocycles. The maximum atomic E-state index is 14.5. The fraction of sp³-hybridized carbons (Fsp3) is 0.571. The van der Waals surface area contributed by atoms with Crippen molar-refractivity contribution in [3.63, 3.8) is 0 Å². The van der Waals surface area contributed by atoms with Gasteiger partial charge < -0.3 is 55.0 Å². The van der Waals surface area contributed by atoms with Crippen molar-refractivity contribution in [3.05, 3.63) is 98.6 Å².